The van der Waals surface area contributed by atoms with Gasteiger partial charge < -0.3 is 10.5 Å². The van der Waals surface area contributed by atoms with Crippen LogP contribution in [0.15, 0.2) is 24.3 Å². The van der Waals surface area contributed by atoms with Gasteiger partial charge in [0.2, 0.25) is 0 Å². The molecule has 2 aromatic carbocycles. The molecule has 2 rings (SSSR count). The van der Waals surface area contributed by atoms with Crippen LogP contribution in [0, 0.1) is 32.4 Å². The van der Waals surface area contributed by atoms with Crippen molar-refractivity contribution >= 4 is 0 Å². The summed E-state index contributed by atoms with van der Waals surface area (Å²) in [6.45, 7) is 5.44. The van der Waals surface area contributed by atoms with Crippen molar-refractivity contribution in [3.63, 3.8) is 0 Å². The van der Waals surface area contributed by atoms with Gasteiger partial charge >= 0.3 is 0 Å². The summed E-state index contributed by atoms with van der Waals surface area (Å²) in [6.07, 6.45) is 0. The molecule has 0 spiro atoms. The van der Waals surface area contributed by atoms with Gasteiger partial charge in [-0.25, -0.2) is 8.78 Å². The Balaban J connectivity index is 2.60. The highest BCUT2D eigenvalue weighted by Crippen LogP contribution is 2.34. The molecule has 0 aliphatic carbocycles. The number of hydrogen-bond donors (Lipinski definition) is 1. The van der Waals surface area contributed by atoms with Gasteiger partial charge in [0.25, 0.3) is 0 Å². The monoisotopic (exact) mass is 291 g/mol. The lowest BCUT2D eigenvalue weighted by atomic mass is 9.92. The van der Waals surface area contributed by atoms with E-state index in [9.17, 15) is 8.78 Å². The molecule has 2 nitrogen and oxygen atoms in total. The van der Waals surface area contributed by atoms with Gasteiger partial charge in [0.1, 0.15) is 17.4 Å². The maximum Gasteiger partial charge on any atom is 0.131 e. The van der Waals surface area contributed by atoms with Crippen molar-refractivity contribution in [1.82, 2.24) is 0 Å². The number of benzene rings is 2. The van der Waals surface area contributed by atoms with E-state index in [1.54, 1.807) is 14.0 Å². The van der Waals surface area contributed by atoms with Gasteiger partial charge in [-0.2, -0.15) is 0 Å². The molecular formula is C17H19F2NO. The molecule has 1 atom stereocenters. The molecule has 0 saturated carbocycles. The van der Waals surface area contributed by atoms with Crippen molar-refractivity contribution in [1.29, 1.82) is 0 Å². The summed E-state index contributed by atoms with van der Waals surface area (Å²) in [5.74, 6) is -0.606. The van der Waals surface area contributed by atoms with Crippen LogP contribution in [0.25, 0.3) is 0 Å². The minimum Gasteiger partial charge on any atom is -0.496 e. The molecule has 0 aliphatic heterocycles. The van der Waals surface area contributed by atoms with Gasteiger partial charge in [-0.1, -0.05) is 6.07 Å². The molecule has 2 aromatic rings. The molecule has 21 heavy (non-hydrogen) atoms. The smallest absolute Gasteiger partial charge is 0.131 e. The lowest BCUT2D eigenvalue weighted by Gasteiger charge is -2.20. The quantitative estimate of drug-likeness (QED) is 0.929. The average Bonchev–Trinajstić information content (AvgIpc) is 2.41. The SMILES string of the molecule is COc1cc(C)cc(C)c1C(N)c1cc(C)c(F)cc1F. The first-order chi connectivity index (χ1) is 9.85. The second-order valence-corrected chi connectivity index (χ2v) is 5.30. The second-order valence-electron chi connectivity index (χ2n) is 5.30. The molecule has 0 saturated heterocycles. The first kappa shape index (κ1) is 15.4. The third-order valence-electron chi connectivity index (χ3n) is 3.64. The minimum absolute atomic E-state index is 0.263. The normalized spacial score (nSPS) is 12.3. The van der Waals surface area contributed by atoms with Crippen LogP contribution < -0.4 is 10.5 Å². The molecule has 0 aliphatic rings. The lowest BCUT2D eigenvalue weighted by molar-refractivity contribution is 0.406. The summed E-state index contributed by atoms with van der Waals surface area (Å²) in [5.41, 5.74) is 9.52. The predicted octanol–water partition coefficient (Wildman–Crippen LogP) is 3.95. The van der Waals surface area contributed by atoms with E-state index in [4.69, 9.17) is 10.5 Å². The zero-order valence-corrected chi connectivity index (χ0v) is 12.6. The number of nitrogens with two attached hydrogens (primary N) is 1. The average molecular weight is 291 g/mol. The Morgan fingerprint density at radius 3 is 2.24 bits per heavy atom. The van der Waals surface area contributed by atoms with E-state index < -0.39 is 17.7 Å². The molecule has 112 valence electrons. The Bertz CT molecular complexity index is 683. The fraction of sp³-hybridized carbons (Fsp3) is 0.294. The molecule has 0 amide bonds. The summed E-state index contributed by atoms with van der Waals surface area (Å²) >= 11 is 0. The van der Waals surface area contributed by atoms with E-state index in [2.05, 4.69) is 0 Å². The lowest BCUT2D eigenvalue weighted by Crippen LogP contribution is -2.17. The van der Waals surface area contributed by atoms with Crippen molar-refractivity contribution in [3.8, 4) is 5.75 Å². The van der Waals surface area contributed by atoms with Gasteiger partial charge in [-0.05, 0) is 49.6 Å². The molecule has 1 unspecified atom stereocenters. The van der Waals surface area contributed by atoms with E-state index in [-0.39, 0.29) is 5.56 Å². The van der Waals surface area contributed by atoms with Crippen LogP contribution in [0.5, 0.6) is 5.75 Å². The number of aryl methyl sites for hydroxylation is 3. The highest BCUT2D eigenvalue weighted by atomic mass is 19.1. The molecule has 0 radical (unpaired) electrons. The van der Waals surface area contributed by atoms with Crippen molar-refractivity contribution < 1.29 is 13.5 Å². The standard InChI is InChI=1S/C17H19F2NO/c1-9-5-11(3)16(15(6-9)21-4)17(20)12-7-10(2)13(18)8-14(12)19/h5-8,17H,20H2,1-4H3. The fourth-order valence-corrected chi connectivity index (χ4v) is 2.58. The first-order valence-corrected chi connectivity index (χ1v) is 6.71. The van der Waals surface area contributed by atoms with E-state index in [0.717, 1.165) is 17.2 Å². The molecule has 0 fully saturated rings. The van der Waals surface area contributed by atoms with Crippen LogP contribution in [0.4, 0.5) is 8.78 Å². The fourth-order valence-electron chi connectivity index (χ4n) is 2.58. The number of halogens is 2. The van der Waals surface area contributed by atoms with Crippen molar-refractivity contribution in [2.75, 3.05) is 7.11 Å². The molecule has 4 heteroatoms. The highest BCUT2D eigenvalue weighted by molar-refractivity contribution is 5.49. The zero-order chi connectivity index (χ0) is 15.7. The van der Waals surface area contributed by atoms with Crippen molar-refractivity contribution in [2.45, 2.75) is 26.8 Å². The Kier molecular flexibility index (Phi) is 4.28. The number of rotatable bonds is 3. The van der Waals surface area contributed by atoms with Gasteiger partial charge in [-0.15, -0.1) is 0 Å². The van der Waals surface area contributed by atoms with Crippen molar-refractivity contribution in [2.24, 2.45) is 5.73 Å². The molecular weight excluding hydrogens is 272 g/mol. The molecule has 0 aromatic heterocycles. The van der Waals surface area contributed by atoms with Crippen LogP contribution in [-0.2, 0) is 0 Å². The Hall–Kier alpha value is -1.94. The number of hydrogen-bond acceptors (Lipinski definition) is 2. The number of ether oxygens (including phenoxy) is 1. The molecule has 0 heterocycles. The van der Waals surface area contributed by atoms with Crippen LogP contribution in [-0.4, -0.2) is 7.11 Å². The zero-order valence-electron chi connectivity index (χ0n) is 12.6. The Morgan fingerprint density at radius 2 is 1.62 bits per heavy atom. The molecule has 0 bridgehead atoms. The minimum atomic E-state index is -0.708. The third-order valence-corrected chi connectivity index (χ3v) is 3.64. The summed E-state index contributed by atoms with van der Waals surface area (Å²) in [7, 11) is 1.55. The highest BCUT2D eigenvalue weighted by Gasteiger charge is 2.21. The summed E-state index contributed by atoms with van der Waals surface area (Å²) in [4.78, 5) is 0. The largest absolute Gasteiger partial charge is 0.496 e. The van der Waals surface area contributed by atoms with Gasteiger partial charge in [-0.3, -0.25) is 0 Å². The van der Waals surface area contributed by atoms with E-state index in [1.807, 2.05) is 26.0 Å². The van der Waals surface area contributed by atoms with Crippen LogP contribution in [0.3, 0.4) is 0 Å². The van der Waals surface area contributed by atoms with Crippen LogP contribution in [0.2, 0.25) is 0 Å². The first-order valence-electron chi connectivity index (χ1n) is 6.71. The van der Waals surface area contributed by atoms with E-state index in [1.165, 1.54) is 6.07 Å². The topological polar surface area (TPSA) is 35.2 Å². The summed E-state index contributed by atoms with van der Waals surface area (Å²) in [6, 6.07) is 5.44. The third kappa shape index (κ3) is 2.90. The van der Waals surface area contributed by atoms with Crippen LogP contribution in [0.1, 0.15) is 33.9 Å². The predicted molar refractivity (Wildman–Crippen MR) is 79.6 cm³/mol. The van der Waals surface area contributed by atoms with Gasteiger partial charge in [0.05, 0.1) is 13.2 Å². The van der Waals surface area contributed by atoms with Gasteiger partial charge in [0.15, 0.2) is 0 Å². The Labute approximate surface area is 123 Å². The second kappa shape index (κ2) is 5.82. The van der Waals surface area contributed by atoms with Gasteiger partial charge in [0, 0.05) is 17.2 Å². The molecule has 2 N–H and O–H groups in total. The maximum atomic E-state index is 14.1. The van der Waals surface area contributed by atoms with Crippen molar-refractivity contribution in [3.05, 3.63) is 63.7 Å². The van der Waals surface area contributed by atoms with E-state index in [0.29, 0.717) is 16.9 Å². The summed E-state index contributed by atoms with van der Waals surface area (Å²) < 4.78 is 32.8. The number of methoxy groups -OCH3 is 1. The Morgan fingerprint density at radius 1 is 0.952 bits per heavy atom. The van der Waals surface area contributed by atoms with E-state index >= 15 is 0 Å². The maximum absolute atomic E-state index is 14.1. The summed E-state index contributed by atoms with van der Waals surface area (Å²) in [5, 5.41) is 0. The van der Waals surface area contributed by atoms with Crippen LogP contribution >= 0.6 is 0 Å².